The van der Waals surface area contributed by atoms with Gasteiger partial charge in [-0.3, -0.25) is 4.79 Å². The van der Waals surface area contributed by atoms with Crippen LogP contribution in [-0.2, 0) is 16.1 Å². The van der Waals surface area contributed by atoms with Crippen LogP contribution in [0.5, 0.6) is 11.5 Å². The van der Waals surface area contributed by atoms with E-state index in [0.29, 0.717) is 49.1 Å². The summed E-state index contributed by atoms with van der Waals surface area (Å²) in [7, 11) is 0. The van der Waals surface area contributed by atoms with E-state index in [0.717, 1.165) is 24.0 Å². The molecule has 264 valence electrons. The molecule has 1 saturated carbocycles. The molecule has 3 aromatic rings. The molecule has 1 fully saturated rings. The maximum atomic E-state index is 14.8. The van der Waals surface area contributed by atoms with Crippen LogP contribution >= 0.6 is 46.4 Å². The van der Waals surface area contributed by atoms with Crippen molar-refractivity contribution in [3.05, 3.63) is 108 Å². The lowest BCUT2D eigenvalue weighted by Gasteiger charge is -2.40. The van der Waals surface area contributed by atoms with Gasteiger partial charge in [0.25, 0.3) is 5.91 Å². The van der Waals surface area contributed by atoms with Gasteiger partial charge in [-0.1, -0.05) is 81.8 Å². The van der Waals surface area contributed by atoms with Gasteiger partial charge in [0, 0.05) is 29.6 Å². The fourth-order valence-corrected chi connectivity index (χ4v) is 6.62. The average molecular weight is 762 g/mol. The molecule has 2 aliphatic rings. The minimum Gasteiger partial charge on any atom is -0.490 e. The Morgan fingerprint density at radius 1 is 0.940 bits per heavy atom. The van der Waals surface area contributed by atoms with Crippen molar-refractivity contribution in [2.75, 3.05) is 26.3 Å². The molecular formula is C36H37Cl4N5O5. The lowest BCUT2D eigenvalue weighted by Crippen LogP contribution is -2.52. The summed E-state index contributed by atoms with van der Waals surface area (Å²) >= 11 is 25.3. The summed E-state index contributed by atoms with van der Waals surface area (Å²) in [6.07, 6.45) is 1.40. The first-order valence-electron chi connectivity index (χ1n) is 16.2. The number of ether oxygens (including phenoxy) is 3. The van der Waals surface area contributed by atoms with Gasteiger partial charge in [0.15, 0.2) is 5.75 Å². The smallest absolute Gasteiger partial charge is 0.410 e. The Kier molecular flexibility index (Phi) is 12.4. The second-order valence-electron chi connectivity index (χ2n) is 12.9. The highest BCUT2D eigenvalue weighted by Crippen LogP contribution is 2.39. The number of rotatable bonds is 12. The minimum absolute atomic E-state index is 0.0260. The van der Waals surface area contributed by atoms with Gasteiger partial charge in [-0.05, 0) is 92.6 Å². The van der Waals surface area contributed by atoms with Gasteiger partial charge < -0.3 is 24.0 Å². The highest BCUT2D eigenvalue weighted by atomic mass is 35.5. The lowest BCUT2D eigenvalue weighted by atomic mass is 9.87. The van der Waals surface area contributed by atoms with Crippen LogP contribution in [0, 0.1) is 0 Å². The van der Waals surface area contributed by atoms with Crippen LogP contribution in [0.1, 0.15) is 51.2 Å². The SMILES string of the molecule is CC(C)(C)OC(=O)N1CCC(c2ccc(OCCOc3c(Cl)cccc3Cl)cc2)=C(C(=O)N(Cc2cccc(Cl)c2Cl)C2CC2)[C@H]1CN=[N+]=[N-]. The van der Waals surface area contributed by atoms with Gasteiger partial charge in [0.1, 0.15) is 24.6 Å². The van der Waals surface area contributed by atoms with Crippen LogP contribution < -0.4 is 9.47 Å². The molecule has 14 heteroatoms. The summed E-state index contributed by atoms with van der Waals surface area (Å²) in [5.74, 6) is 0.702. The molecule has 1 aliphatic heterocycles. The third-order valence-electron chi connectivity index (χ3n) is 8.15. The van der Waals surface area contributed by atoms with E-state index < -0.39 is 17.7 Å². The van der Waals surface area contributed by atoms with Gasteiger partial charge in [0.05, 0.1) is 32.7 Å². The number of hydrogen-bond donors (Lipinski definition) is 0. The number of azide groups is 1. The van der Waals surface area contributed by atoms with Crippen molar-refractivity contribution in [1.82, 2.24) is 9.80 Å². The predicted octanol–water partition coefficient (Wildman–Crippen LogP) is 10.0. The Hall–Kier alpha value is -3.79. The van der Waals surface area contributed by atoms with Gasteiger partial charge in [0.2, 0.25) is 0 Å². The molecule has 0 aromatic heterocycles. The number of carbonyl (C=O) groups is 2. The van der Waals surface area contributed by atoms with Gasteiger partial charge in [-0.25, -0.2) is 4.79 Å². The second-order valence-corrected chi connectivity index (χ2v) is 14.5. The standard InChI is InChI=1S/C36H37Cl4N5O5/c1-36(2,3)50-35(47)44-17-16-26(22-10-14-25(15-11-22)48-18-19-49-33-28(38)8-5-9-29(33)39)31(30(44)20-42-43-41)34(46)45(24-12-13-24)21-23-6-4-7-27(37)32(23)40/h4-11,14-15,24,30H,12-13,16-21H2,1-3H3/t30-/m1/s1. The largest absolute Gasteiger partial charge is 0.490 e. The third-order valence-corrected chi connectivity index (χ3v) is 9.61. The van der Waals surface area contributed by atoms with E-state index in [1.165, 1.54) is 4.90 Å². The molecule has 0 spiro atoms. The van der Waals surface area contributed by atoms with Gasteiger partial charge in [-0.2, -0.15) is 0 Å². The molecule has 1 aliphatic carbocycles. The highest BCUT2D eigenvalue weighted by Gasteiger charge is 2.42. The van der Waals surface area contributed by atoms with E-state index in [9.17, 15) is 15.1 Å². The molecule has 0 radical (unpaired) electrons. The fraction of sp³-hybridized carbons (Fsp3) is 0.389. The topological polar surface area (TPSA) is 117 Å². The zero-order valence-corrected chi connectivity index (χ0v) is 30.9. The molecule has 1 heterocycles. The number of benzene rings is 3. The van der Waals surface area contributed by atoms with Crippen LogP contribution in [0.4, 0.5) is 4.79 Å². The summed E-state index contributed by atoms with van der Waals surface area (Å²) < 4.78 is 17.4. The Bertz CT molecular complexity index is 1780. The normalized spacial score (nSPS) is 16.1. The number of hydrogen-bond acceptors (Lipinski definition) is 6. The molecule has 2 amide bonds. The van der Waals surface area contributed by atoms with Crippen molar-refractivity contribution < 1.29 is 23.8 Å². The molecule has 10 nitrogen and oxygen atoms in total. The van der Waals surface area contributed by atoms with Crippen molar-refractivity contribution >= 4 is 64.0 Å². The van der Waals surface area contributed by atoms with Crippen LogP contribution in [-0.4, -0.2) is 65.8 Å². The Morgan fingerprint density at radius 3 is 2.22 bits per heavy atom. The van der Waals surface area contributed by atoms with Crippen LogP contribution in [0.15, 0.2) is 71.4 Å². The molecule has 50 heavy (non-hydrogen) atoms. The van der Waals surface area contributed by atoms with Crippen molar-refractivity contribution in [1.29, 1.82) is 0 Å². The van der Waals surface area contributed by atoms with E-state index >= 15 is 0 Å². The first kappa shape index (κ1) is 37.5. The summed E-state index contributed by atoms with van der Waals surface area (Å²) in [6.45, 7) is 6.07. The molecule has 3 aromatic carbocycles. The fourth-order valence-electron chi connectivity index (χ4n) is 5.73. The first-order chi connectivity index (χ1) is 23.9. The van der Waals surface area contributed by atoms with E-state index in [4.69, 9.17) is 60.6 Å². The maximum Gasteiger partial charge on any atom is 0.410 e. The molecule has 0 saturated heterocycles. The summed E-state index contributed by atoms with van der Waals surface area (Å²) in [4.78, 5) is 34.6. The van der Waals surface area contributed by atoms with Gasteiger partial charge in [-0.15, -0.1) is 0 Å². The quantitative estimate of drug-likeness (QED) is 0.0789. The number of para-hydroxylation sites is 1. The zero-order chi connectivity index (χ0) is 36.0. The predicted molar refractivity (Wildman–Crippen MR) is 196 cm³/mol. The number of amides is 2. The average Bonchev–Trinajstić information content (AvgIpc) is 3.92. The Balaban J connectivity index is 1.47. The minimum atomic E-state index is -0.877. The lowest BCUT2D eigenvalue weighted by molar-refractivity contribution is -0.129. The molecular weight excluding hydrogens is 724 g/mol. The van der Waals surface area contributed by atoms with Crippen molar-refractivity contribution in [3.63, 3.8) is 0 Å². The second kappa shape index (κ2) is 16.5. The summed E-state index contributed by atoms with van der Waals surface area (Å²) in [6, 6.07) is 16.9. The molecule has 0 N–H and O–H groups in total. The number of carbonyl (C=O) groups excluding carboxylic acids is 2. The first-order valence-corrected chi connectivity index (χ1v) is 17.7. The van der Waals surface area contributed by atoms with Crippen molar-refractivity contribution in [2.45, 2.75) is 64.3 Å². The Morgan fingerprint density at radius 2 is 1.58 bits per heavy atom. The molecule has 0 unspecified atom stereocenters. The third kappa shape index (κ3) is 9.30. The van der Waals surface area contributed by atoms with Crippen LogP contribution in [0.2, 0.25) is 20.1 Å². The van der Waals surface area contributed by atoms with E-state index in [2.05, 4.69) is 10.0 Å². The van der Waals surface area contributed by atoms with E-state index in [1.807, 2.05) is 18.2 Å². The molecule has 1 atom stereocenters. The monoisotopic (exact) mass is 759 g/mol. The maximum absolute atomic E-state index is 14.8. The van der Waals surface area contributed by atoms with E-state index in [1.54, 1.807) is 68.1 Å². The number of halogens is 4. The molecule has 0 bridgehead atoms. The van der Waals surface area contributed by atoms with E-state index in [-0.39, 0.29) is 44.8 Å². The van der Waals surface area contributed by atoms with Crippen molar-refractivity contribution in [2.24, 2.45) is 5.11 Å². The number of nitrogens with zero attached hydrogens (tertiary/aromatic N) is 5. The molecule has 5 rings (SSSR count). The highest BCUT2D eigenvalue weighted by molar-refractivity contribution is 6.42. The van der Waals surface area contributed by atoms with Crippen LogP contribution in [0.3, 0.4) is 0 Å². The van der Waals surface area contributed by atoms with Gasteiger partial charge >= 0.3 is 6.09 Å². The zero-order valence-electron chi connectivity index (χ0n) is 27.9. The summed E-state index contributed by atoms with van der Waals surface area (Å²) in [5.41, 5.74) is 11.1. The van der Waals surface area contributed by atoms with Crippen LogP contribution in [0.25, 0.3) is 16.0 Å². The summed E-state index contributed by atoms with van der Waals surface area (Å²) in [5, 5.41) is 5.43. The van der Waals surface area contributed by atoms with Crippen molar-refractivity contribution in [3.8, 4) is 11.5 Å². The Labute approximate surface area is 311 Å².